The summed E-state index contributed by atoms with van der Waals surface area (Å²) in [6, 6.07) is 0.499. The number of thioether (sulfide) groups is 1. The third-order valence-corrected chi connectivity index (χ3v) is 5.23. The molecule has 1 heterocycles. The Labute approximate surface area is 110 Å². The number of hydrogen-bond acceptors (Lipinski definition) is 4. The van der Waals surface area contributed by atoms with E-state index in [0.29, 0.717) is 25.0 Å². The van der Waals surface area contributed by atoms with Gasteiger partial charge in [0, 0.05) is 24.9 Å². The fourth-order valence-corrected chi connectivity index (χ4v) is 3.73. The number of piperidine rings is 1. The first kappa shape index (κ1) is 15.3. The third-order valence-electron chi connectivity index (χ3n) is 3.12. The molecule has 2 atom stereocenters. The summed E-state index contributed by atoms with van der Waals surface area (Å²) in [6.07, 6.45) is 5.52. The molecule has 1 rings (SSSR count). The van der Waals surface area contributed by atoms with Crippen LogP contribution in [0.3, 0.4) is 0 Å². The molecule has 1 aliphatic rings. The molecule has 0 aliphatic carbocycles. The molecule has 1 N–H and O–H groups in total. The van der Waals surface area contributed by atoms with Crippen molar-refractivity contribution in [1.82, 2.24) is 9.62 Å². The Bertz CT molecular complexity index is 319. The molecule has 0 amide bonds. The van der Waals surface area contributed by atoms with Crippen molar-refractivity contribution in [3.63, 3.8) is 0 Å². The molecule has 102 valence electrons. The number of nitrogens with one attached hydrogen (secondary N) is 1. The highest BCUT2D eigenvalue weighted by molar-refractivity contribution is 7.98. The van der Waals surface area contributed by atoms with Crippen LogP contribution in [0.5, 0.6) is 0 Å². The van der Waals surface area contributed by atoms with Crippen LogP contribution >= 0.6 is 11.8 Å². The van der Waals surface area contributed by atoms with Crippen LogP contribution < -0.4 is 5.32 Å². The van der Waals surface area contributed by atoms with Crippen molar-refractivity contribution in [2.24, 2.45) is 5.92 Å². The fourth-order valence-electron chi connectivity index (χ4n) is 2.17. The summed E-state index contributed by atoms with van der Waals surface area (Å²) in [5.41, 5.74) is 0. The molecule has 1 aliphatic heterocycles. The first-order chi connectivity index (χ1) is 7.93. The van der Waals surface area contributed by atoms with Gasteiger partial charge in [0.2, 0.25) is 10.0 Å². The van der Waals surface area contributed by atoms with Crippen LogP contribution in [0.25, 0.3) is 0 Å². The van der Waals surface area contributed by atoms with E-state index < -0.39 is 10.0 Å². The molecular weight excluding hydrogens is 256 g/mol. The predicted octanol–water partition coefficient (Wildman–Crippen LogP) is 0.999. The van der Waals surface area contributed by atoms with Crippen LogP contribution in [0.1, 0.15) is 19.8 Å². The van der Waals surface area contributed by atoms with Gasteiger partial charge in [-0.2, -0.15) is 11.8 Å². The summed E-state index contributed by atoms with van der Waals surface area (Å²) in [5.74, 6) is 1.56. The minimum atomic E-state index is -3.01. The lowest BCUT2D eigenvalue weighted by molar-refractivity contribution is 0.258. The van der Waals surface area contributed by atoms with Gasteiger partial charge in [0.15, 0.2) is 0 Å². The maximum atomic E-state index is 11.5. The van der Waals surface area contributed by atoms with E-state index in [9.17, 15) is 8.42 Å². The maximum Gasteiger partial charge on any atom is 0.211 e. The van der Waals surface area contributed by atoms with Gasteiger partial charge in [0.25, 0.3) is 0 Å². The van der Waals surface area contributed by atoms with Gasteiger partial charge in [-0.25, -0.2) is 12.7 Å². The Morgan fingerprint density at radius 1 is 1.53 bits per heavy atom. The lowest BCUT2D eigenvalue weighted by atomic mass is 9.99. The zero-order valence-corrected chi connectivity index (χ0v) is 12.6. The fraction of sp³-hybridized carbons (Fsp3) is 1.00. The molecule has 2 unspecified atom stereocenters. The van der Waals surface area contributed by atoms with Gasteiger partial charge in [-0.1, -0.05) is 0 Å². The highest BCUT2D eigenvalue weighted by atomic mass is 32.2. The van der Waals surface area contributed by atoms with Gasteiger partial charge < -0.3 is 5.32 Å². The van der Waals surface area contributed by atoms with Crippen molar-refractivity contribution in [2.75, 3.05) is 37.9 Å². The minimum absolute atomic E-state index is 0.461. The van der Waals surface area contributed by atoms with Crippen LogP contribution in [0, 0.1) is 5.92 Å². The van der Waals surface area contributed by atoms with Gasteiger partial charge in [0.1, 0.15) is 0 Å². The Kier molecular flexibility index (Phi) is 6.26. The quantitative estimate of drug-likeness (QED) is 0.788. The molecule has 1 saturated heterocycles. The summed E-state index contributed by atoms with van der Waals surface area (Å²) < 4.78 is 24.6. The lowest BCUT2D eigenvalue weighted by Gasteiger charge is -2.31. The molecule has 0 aromatic heterocycles. The molecule has 4 nitrogen and oxygen atoms in total. The average molecular weight is 280 g/mol. The molecule has 0 bridgehead atoms. The number of rotatable bonds is 6. The molecule has 17 heavy (non-hydrogen) atoms. The number of sulfonamides is 1. The average Bonchev–Trinajstić information content (AvgIpc) is 2.26. The maximum absolute atomic E-state index is 11.5. The SMILES string of the molecule is CSCC(C)NCC1CCCN(S(C)(=O)=O)C1. The second-order valence-corrected chi connectivity index (χ2v) is 7.79. The molecule has 0 aromatic carbocycles. The van der Waals surface area contributed by atoms with Crippen molar-refractivity contribution < 1.29 is 8.42 Å². The van der Waals surface area contributed by atoms with Crippen LogP contribution in [0.2, 0.25) is 0 Å². The first-order valence-corrected chi connectivity index (χ1v) is 9.35. The van der Waals surface area contributed by atoms with E-state index in [0.717, 1.165) is 25.1 Å². The number of hydrogen-bond donors (Lipinski definition) is 1. The van der Waals surface area contributed by atoms with Crippen LogP contribution in [0.15, 0.2) is 0 Å². The van der Waals surface area contributed by atoms with E-state index in [4.69, 9.17) is 0 Å². The summed E-state index contributed by atoms with van der Waals surface area (Å²) >= 11 is 1.83. The van der Waals surface area contributed by atoms with Gasteiger partial charge in [-0.3, -0.25) is 0 Å². The van der Waals surface area contributed by atoms with Crippen molar-refractivity contribution in [1.29, 1.82) is 0 Å². The normalized spacial score (nSPS) is 24.8. The van der Waals surface area contributed by atoms with E-state index in [1.165, 1.54) is 6.26 Å². The topological polar surface area (TPSA) is 49.4 Å². The summed E-state index contributed by atoms with van der Waals surface area (Å²) in [5, 5.41) is 3.48. The zero-order chi connectivity index (χ0) is 12.9. The molecular formula is C11H24N2O2S2. The zero-order valence-electron chi connectivity index (χ0n) is 11.0. The Hall–Kier alpha value is 0.220. The Morgan fingerprint density at radius 3 is 2.82 bits per heavy atom. The van der Waals surface area contributed by atoms with Crippen LogP contribution in [-0.2, 0) is 10.0 Å². The van der Waals surface area contributed by atoms with Crippen LogP contribution in [0.4, 0.5) is 0 Å². The first-order valence-electron chi connectivity index (χ1n) is 6.11. The van der Waals surface area contributed by atoms with E-state index in [1.54, 1.807) is 4.31 Å². The van der Waals surface area contributed by atoms with Crippen LogP contribution in [-0.4, -0.2) is 56.7 Å². The molecule has 0 radical (unpaired) electrons. The van der Waals surface area contributed by atoms with Gasteiger partial charge in [-0.05, 0) is 38.5 Å². The molecule has 1 fully saturated rings. The lowest BCUT2D eigenvalue weighted by Crippen LogP contribution is -2.43. The highest BCUT2D eigenvalue weighted by Gasteiger charge is 2.25. The molecule has 0 saturated carbocycles. The summed E-state index contributed by atoms with van der Waals surface area (Å²) in [6.45, 7) is 4.47. The molecule has 0 aromatic rings. The molecule has 6 heteroatoms. The third kappa shape index (κ3) is 5.59. The van der Waals surface area contributed by atoms with Crippen molar-refractivity contribution in [2.45, 2.75) is 25.8 Å². The summed E-state index contributed by atoms with van der Waals surface area (Å²) in [4.78, 5) is 0. The Balaban J connectivity index is 2.35. The largest absolute Gasteiger partial charge is 0.313 e. The van der Waals surface area contributed by atoms with Crippen molar-refractivity contribution >= 4 is 21.8 Å². The predicted molar refractivity (Wildman–Crippen MR) is 75.0 cm³/mol. The Morgan fingerprint density at radius 2 is 2.24 bits per heavy atom. The van der Waals surface area contributed by atoms with Crippen molar-refractivity contribution in [3.8, 4) is 0 Å². The number of nitrogens with zero attached hydrogens (tertiary/aromatic N) is 1. The standard InChI is InChI=1S/C11H24N2O2S2/c1-10(9-16-2)12-7-11-5-4-6-13(8-11)17(3,14)15/h10-12H,4-9H2,1-3H3. The van der Waals surface area contributed by atoms with E-state index in [1.807, 2.05) is 11.8 Å². The smallest absolute Gasteiger partial charge is 0.211 e. The monoisotopic (exact) mass is 280 g/mol. The highest BCUT2D eigenvalue weighted by Crippen LogP contribution is 2.18. The van der Waals surface area contributed by atoms with Gasteiger partial charge in [0.05, 0.1) is 6.26 Å². The second-order valence-electron chi connectivity index (χ2n) is 4.89. The van der Waals surface area contributed by atoms with Gasteiger partial charge >= 0.3 is 0 Å². The van der Waals surface area contributed by atoms with Crippen molar-refractivity contribution in [3.05, 3.63) is 0 Å². The molecule has 0 spiro atoms. The van der Waals surface area contributed by atoms with E-state index in [-0.39, 0.29) is 0 Å². The van der Waals surface area contributed by atoms with E-state index in [2.05, 4.69) is 18.5 Å². The van der Waals surface area contributed by atoms with Gasteiger partial charge in [-0.15, -0.1) is 0 Å². The van der Waals surface area contributed by atoms with E-state index >= 15 is 0 Å². The minimum Gasteiger partial charge on any atom is -0.313 e. The second kappa shape index (κ2) is 6.97. The summed E-state index contributed by atoms with van der Waals surface area (Å²) in [7, 11) is -3.01.